The summed E-state index contributed by atoms with van der Waals surface area (Å²) in [6.45, 7) is 2.15. The first kappa shape index (κ1) is 13.4. The maximum Gasteiger partial charge on any atom is 0.123 e. The van der Waals surface area contributed by atoms with Gasteiger partial charge in [0.25, 0.3) is 0 Å². The smallest absolute Gasteiger partial charge is 0.123 e. The van der Waals surface area contributed by atoms with Gasteiger partial charge in [0.1, 0.15) is 5.75 Å². The second-order valence-electron chi connectivity index (χ2n) is 4.84. The number of nitrogens with one attached hydrogen (secondary N) is 1. The molecule has 0 radical (unpaired) electrons. The summed E-state index contributed by atoms with van der Waals surface area (Å²) in [4.78, 5) is 5.80. The molecule has 0 heterocycles. The van der Waals surface area contributed by atoms with Gasteiger partial charge in [-0.3, -0.25) is 4.84 Å². The molecule has 1 N–H and O–H groups in total. The molecule has 1 saturated carbocycles. The van der Waals surface area contributed by atoms with Crippen molar-refractivity contribution in [1.82, 2.24) is 5.48 Å². The number of hydrogen-bond donors (Lipinski definition) is 1. The molecule has 18 heavy (non-hydrogen) atoms. The molecule has 2 rings (SSSR count). The van der Waals surface area contributed by atoms with Crippen LogP contribution in [0.15, 0.2) is 24.3 Å². The van der Waals surface area contributed by atoms with E-state index >= 15 is 0 Å². The van der Waals surface area contributed by atoms with Crippen LogP contribution in [-0.2, 0) is 4.84 Å². The molecule has 1 aliphatic rings. The van der Waals surface area contributed by atoms with Gasteiger partial charge in [0.2, 0.25) is 0 Å². The SMILES string of the molecule is CCC(NOC1CCCC1)c1ccccc1OC. The Labute approximate surface area is 109 Å². The zero-order valence-corrected chi connectivity index (χ0v) is 11.3. The van der Waals surface area contributed by atoms with Crippen LogP contribution in [0, 0.1) is 0 Å². The van der Waals surface area contributed by atoms with Gasteiger partial charge >= 0.3 is 0 Å². The van der Waals surface area contributed by atoms with Crippen molar-refractivity contribution < 1.29 is 9.57 Å². The summed E-state index contributed by atoms with van der Waals surface area (Å²) in [6, 6.07) is 8.32. The molecular weight excluding hydrogens is 226 g/mol. The van der Waals surface area contributed by atoms with Gasteiger partial charge in [0.15, 0.2) is 0 Å². The average molecular weight is 249 g/mol. The summed E-state index contributed by atoms with van der Waals surface area (Å²) in [5.74, 6) is 0.923. The molecule has 3 heteroatoms. The zero-order chi connectivity index (χ0) is 12.8. The first-order valence-corrected chi connectivity index (χ1v) is 6.89. The highest BCUT2D eigenvalue weighted by Crippen LogP contribution is 2.28. The highest BCUT2D eigenvalue weighted by molar-refractivity contribution is 5.35. The van der Waals surface area contributed by atoms with Crippen LogP contribution in [0.3, 0.4) is 0 Å². The number of para-hydroxylation sites is 1. The predicted octanol–water partition coefficient (Wildman–Crippen LogP) is 3.61. The van der Waals surface area contributed by atoms with Crippen LogP contribution < -0.4 is 10.2 Å². The molecule has 3 nitrogen and oxygen atoms in total. The van der Waals surface area contributed by atoms with Crippen molar-refractivity contribution in [3.05, 3.63) is 29.8 Å². The zero-order valence-electron chi connectivity index (χ0n) is 11.3. The van der Waals surface area contributed by atoms with E-state index in [1.54, 1.807) is 7.11 Å². The van der Waals surface area contributed by atoms with E-state index in [0.717, 1.165) is 12.2 Å². The standard InChI is InChI=1S/C15H23NO2/c1-3-14(16-18-12-8-4-5-9-12)13-10-6-7-11-15(13)17-2/h6-7,10-12,14,16H,3-5,8-9H2,1-2H3. The van der Waals surface area contributed by atoms with Gasteiger partial charge in [-0.15, -0.1) is 0 Å². The van der Waals surface area contributed by atoms with Crippen LogP contribution in [0.1, 0.15) is 50.6 Å². The van der Waals surface area contributed by atoms with Crippen LogP contribution in [0.5, 0.6) is 5.75 Å². The Kier molecular flexibility index (Phi) is 5.02. The van der Waals surface area contributed by atoms with Crippen molar-refractivity contribution in [2.75, 3.05) is 7.11 Å². The van der Waals surface area contributed by atoms with Crippen molar-refractivity contribution in [1.29, 1.82) is 0 Å². The van der Waals surface area contributed by atoms with Gasteiger partial charge in [0, 0.05) is 5.56 Å². The Hall–Kier alpha value is -1.06. The largest absolute Gasteiger partial charge is 0.496 e. The number of rotatable bonds is 6. The molecule has 0 aliphatic heterocycles. The Morgan fingerprint density at radius 3 is 2.67 bits per heavy atom. The van der Waals surface area contributed by atoms with Gasteiger partial charge in [0.05, 0.1) is 19.3 Å². The lowest BCUT2D eigenvalue weighted by molar-refractivity contribution is -0.0418. The summed E-state index contributed by atoms with van der Waals surface area (Å²) in [5.41, 5.74) is 4.39. The minimum Gasteiger partial charge on any atom is -0.496 e. The van der Waals surface area contributed by atoms with Gasteiger partial charge in [-0.05, 0) is 25.3 Å². The molecule has 100 valence electrons. The molecule has 0 aromatic heterocycles. The van der Waals surface area contributed by atoms with E-state index in [1.807, 2.05) is 18.2 Å². The van der Waals surface area contributed by atoms with Crippen molar-refractivity contribution >= 4 is 0 Å². The molecule has 1 fully saturated rings. The van der Waals surface area contributed by atoms with Crippen LogP contribution in [-0.4, -0.2) is 13.2 Å². The van der Waals surface area contributed by atoms with Crippen LogP contribution in [0.25, 0.3) is 0 Å². The third kappa shape index (κ3) is 3.24. The third-order valence-corrected chi connectivity index (χ3v) is 3.60. The number of hydrogen-bond acceptors (Lipinski definition) is 3. The number of ether oxygens (including phenoxy) is 1. The molecule has 0 saturated heterocycles. The number of hydroxylamine groups is 1. The van der Waals surface area contributed by atoms with Gasteiger partial charge in [-0.1, -0.05) is 38.0 Å². The number of benzene rings is 1. The minimum atomic E-state index is 0.196. The molecule has 1 aliphatic carbocycles. The van der Waals surface area contributed by atoms with Gasteiger partial charge < -0.3 is 4.74 Å². The lowest BCUT2D eigenvalue weighted by Crippen LogP contribution is -2.26. The van der Waals surface area contributed by atoms with E-state index in [2.05, 4.69) is 18.5 Å². The van der Waals surface area contributed by atoms with E-state index in [9.17, 15) is 0 Å². The lowest BCUT2D eigenvalue weighted by Gasteiger charge is -2.21. The summed E-state index contributed by atoms with van der Waals surface area (Å²) >= 11 is 0. The van der Waals surface area contributed by atoms with Crippen LogP contribution in [0.2, 0.25) is 0 Å². The fraction of sp³-hybridized carbons (Fsp3) is 0.600. The fourth-order valence-electron chi connectivity index (χ4n) is 2.51. The van der Waals surface area contributed by atoms with E-state index in [-0.39, 0.29) is 6.04 Å². The maximum absolute atomic E-state index is 5.80. The monoisotopic (exact) mass is 249 g/mol. The molecule has 0 spiro atoms. The fourth-order valence-corrected chi connectivity index (χ4v) is 2.51. The maximum atomic E-state index is 5.80. The summed E-state index contributed by atoms with van der Waals surface area (Å²) in [5, 5.41) is 0. The highest BCUT2D eigenvalue weighted by Gasteiger charge is 2.19. The normalized spacial score (nSPS) is 17.9. The average Bonchev–Trinajstić information content (AvgIpc) is 2.93. The molecule has 1 aromatic rings. The Morgan fingerprint density at radius 1 is 1.28 bits per heavy atom. The van der Waals surface area contributed by atoms with E-state index in [0.29, 0.717) is 6.10 Å². The topological polar surface area (TPSA) is 30.5 Å². The van der Waals surface area contributed by atoms with Crippen LogP contribution >= 0.6 is 0 Å². The van der Waals surface area contributed by atoms with Gasteiger partial charge in [-0.25, -0.2) is 0 Å². The van der Waals surface area contributed by atoms with Crippen molar-refractivity contribution in [3.8, 4) is 5.75 Å². The highest BCUT2D eigenvalue weighted by atomic mass is 16.7. The molecule has 1 unspecified atom stereocenters. The lowest BCUT2D eigenvalue weighted by atomic mass is 10.0. The second-order valence-corrected chi connectivity index (χ2v) is 4.84. The molecule has 1 atom stereocenters. The Bertz CT molecular complexity index is 361. The summed E-state index contributed by atoms with van der Waals surface area (Å²) in [7, 11) is 1.71. The van der Waals surface area contributed by atoms with E-state index in [4.69, 9.17) is 9.57 Å². The second kappa shape index (κ2) is 6.76. The van der Waals surface area contributed by atoms with Crippen LogP contribution in [0.4, 0.5) is 0 Å². The molecule has 0 bridgehead atoms. The Balaban J connectivity index is 1.98. The minimum absolute atomic E-state index is 0.196. The third-order valence-electron chi connectivity index (χ3n) is 3.60. The summed E-state index contributed by atoms with van der Waals surface area (Å²) < 4.78 is 5.40. The van der Waals surface area contributed by atoms with Crippen molar-refractivity contribution in [3.63, 3.8) is 0 Å². The number of methoxy groups -OCH3 is 1. The van der Waals surface area contributed by atoms with Crippen molar-refractivity contribution in [2.24, 2.45) is 0 Å². The molecule has 1 aromatic carbocycles. The van der Waals surface area contributed by atoms with E-state index < -0.39 is 0 Å². The first-order chi connectivity index (χ1) is 8.85. The Morgan fingerprint density at radius 2 is 2.00 bits per heavy atom. The first-order valence-electron chi connectivity index (χ1n) is 6.89. The van der Waals surface area contributed by atoms with E-state index in [1.165, 1.54) is 31.2 Å². The quantitative estimate of drug-likeness (QED) is 0.781. The van der Waals surface area contributed by atoms with Crippen molar-refractivity contribution in [2.45, 2.75) is 51.2 Å². The predicted molar refractivity (Wildman–Crippen MR) is 72.5 cm³/mol. The molecule has 0 amide bonds. The van der Waals surface area contributed by atoms with Gasteiger partial charge in [-0.2, -0.15) is 5.48 Å². The molecular formula is C15H23NO2. The summed E-state index contributed by atoms with van der Waals surface area (Å²) in [6.07, 6.45) is 6.29.